The summed E-state index contributed by atoms with van der Waals surface area (Å²) in [6.07, 6.45) is 5.59. The molecule has 2 N–H and O–H groups in total. The van der Waals surface area contributed by atoms with E-state index in [1.165, 1.54) is 11.1 Å². The Morgan fingerprint density at radius 1 is 1.03 bits per heavy atom. The van der Waals surface area contributed by atoms with E-state index < -0.39 is 0 Å². The highest BCUT2D eigenvalue weighted by Crippen LogP contribution is 2.17. The van der Waals surface area contributed by atoms with Crippen molar-refractivity contribution in [2.45, 2.75) is 33.5 Å². The number of hydrogen-bond acceptors (Lipinski definition) is 3. The summed E-state index contributed by atoms with van der Waals surface area (Å²) in [5, 5.41) is 6.70. The normalized spacial score (nSPS) is 11.3. The number of hydrogen-bond donors (Lipinski definition) is 2. The van der Waals surface area contributed by atoms with E-state index in [0.717, 1.165) is 30.4 Å². The summed E-state index contributed by atoms with van der Waals surface area (Å²) in [6.45, 7) is 7.63. The maximum absolute atomic E-state index is 5.70. The highest BCUT2D eigenvalue weighted by Gasteiger charge is 2.04. The number of guanidine groups is 1. The molecule has 0 spiro atoms. The zero-order valence-corrected chi connectivity index (χ0v) is 17.1. The van der Waals surface area contributed by atoms with Gasteiger partial charge >= 0.3 is 0 Å². The third-order valence-electron chi connectivity index (χ3n) is 4.43. The molecule has 0 amide bonds. The number of nitrogens with zero attached hydrogens (tertiary/aromatic N) is 3. The van der Waals surface area contributed by atoms with Crippen LogP contribution in [0.3, 0.4) is 0 Å². The first-order valence-electron chi connectivity index (χ1n) is 10.0. The van der Waals surface area contributed by atoms with Crippen molar-refractivity contribution in [1.29, 1.82) is 0 Å². The lowest BCUT2D eigenvalue weighted by molar-refractivity contribution is 0.336. The zero-order valence-electron chi connectivity index (χ0n) is 17.1. The van der Waals surface area contributed by atoms with E-state index in [9.17, 15) is 0 Å². The van der Waals surface area contributed by atoms with Gasteiger partial charge in [-0.05, 0) is 31.0 Å². The molecule has 6 nitrogen and oxygen atoms in total. The molecule has 0 aliphatic rings. The third kappa shape index (κ3) is 6.38. The lowest BCUT2D eigenvalue weighted by Gasteiger charge is -2.14. The molecule has 1 aromatic heterocycles. The highest BCUT2D eigenvalue weighted by molar-refractivity contribution is 5.79. The van der Waals surface area contributed by atoms with Gasteiger partial charge in [-0.3, -0.25) is 0 Å². The monoisotopic (exact) mass is 391 g/mol. The molecule has 29 heavy (non-hydrogen) atoms. The van der Waals surface area contributed by atoms with Crippen molar-refractivity contribution in [3.05, 3.63) is 83.9 Å². The van der Waals surface area contributed by atoms with Crippen LogP contribution in [-0.2, 0) is 19.6 Å². The molecule has 6 heteroatoms. The quantitative estimate of drug-likeness (QED) is 0.432. The maximum Gasteiger partial charge on any atom is 0.191 e. The zero-order chi connectivity index (χ0) is 20.3. The molecule has 0 unspecified atom stereocenters. The van der Waals surface area contributed by atoms with Gasteiger partial charge in [0.05, 0.1) is 19.5 Å². The summed E-state index contributed by atoms with van der Waals surface area (Å²) in [5.74, 6) is 1.70. The van der Waals surface area contributed by atoms with Gasteiger partial charge in [0.15, 0.2) is 5.96 Å². The molecule has 3 rings (SSSR count). The van der Waals surface area contributed by atoms with Crippen molar-refractivity contribution in [1.82, 2.24) is 20.2 Å². The average molecular weight is 392 g/mol. The summed E-state index contributed by atoms with van der Waals surface area (Å²) in [5.41, 5.74) is 3.53. The number of ether oxygens (including phenoxy) is 1. The molecule has 1 heterocycles. The van der Waals surface area contributed by atoms with Gasteiger partial charge in [0, 0.05) is 37.6 Å². The van der Waals surface area contributed by atoms with Crippen LogP contribution in [0.25, 0.3) is 0 Å². The molecule has 0 saturated carbocycles. The molecular weight excluding hydrogens is 362 g/mol. The average Bonchev–Trinajstić information content (AvgIpc) is 3.25. The molecule has 0 atom stereocenters. The first-order chi connectivity index (χ1) is 14.3. The number of aliphatic imine (C=N–C) groups is 1. The maximum atomic E-state index is 5.70. The molecular formula is C23H29N5O. The minimum Gasteiger partial charge on any atom is -0.494 e. The summed E-state index contributed by atoms with van der Waals surface area (Å²) >= 11 is 0. The molecule has 0 aliphatic heterocycles. The van der Waals surface area contributed by atoms with E-state index in [0.29, 0.717) is 19.7 Å². The highest BCUT2D eigenvalue weighted by atomic mass is 16.5. The largest absolute Gasteiger partial charge is 0.494 e. The van der Waals surface area contributed by atoms with E-state index in [2.05, 4.69) is 57.4 Å². The van der Waals surface area contributed by atoms with Crippen LogP contribution in [-0.4, -0.2) is 28.7 Å². The van der Waals surface area contributed by atoms with Crippen molar-refractivity contribution in [3.63, 3.8) is 0 Å². The lowest BCUT2D eigenvalue weighted by atomic mass is 10.1. The van der Waals surface area contributed by atoms with E-state index in [1.54, 1.807) is 6.20 Å². The molecule has 0 bridgehead atoms. The van der Waals surface area contributed by atoms with E-state index in [4.69, 9.17) is 9.73 Å². The van der Waals surface area contributed by atoms with Crippen LogP contribution < -0.4 is 15.4 Å². The number of para-hydroxylation sites is 1. The Balaban J connectivity index is 1.59. The van der Waals surface area contributed by atoms with Gasteiger partial charge in [0.1, 0.15) is 5.75 Å². The van der Waals surface area contributed by atoms with Gasteiger partial charge in [-0.1, -0.05) is 42.5 Å². The Morgan fingerprint density at radius 3 is 2.55 bits per heavy atom. The summed E-state index contributed by atoms with van der Waals surface area (Å²) < 4.78 is 7.76. The van der Waals surface area contributed by atoms with Crippen LogP contribution in [0.1, 0.15) is 30.5 Å². The third-order valence-corrected chi connectivity index (χ3v) is 4.43. The van der Waals surface area contributed by atoms with Crippen molar-refractivity contribution < 1.29 is 4.74 Å². The molecule has 3 aromatic rings. The standard InChI is InChI=1S/C23H29N5O/c1-3-25-23(27-16-21-7-5-6-8-22(21)29-4-2)26-15-19-9-11-20(12-10-19)17-28-14-13-24-18-28/h5-14,18H,3-4,15-17H2,1-2H3,(H2,25,26,27). The number of imidazole rings is 1. The first kappa shape index (κ1) is 20.5. The number of aromatic nitrogens is 2. The minimum absolute atomic E-state index is 0.619. The van der Waals surface area contributed by atoms with Crippen molar-refractivity contribution in [3.8, 4) is 5.75 Å². The second-order valence-corrected chi connectivity index (χ2v) is 6.64. The fourth-order valence-corrected chi connectivity index (χ4v) is 2.98. The lowest BCUT2D eigenvalue weighted by Crippen LogP contribution is -2.36. The van der Waals surface area contributed by atoms with Gasteiger partial charge < -0.3 is 19.9 Å². The minimum atomic E-state index is 0.619. The number of nitrogens with one attached hydrogen (secondary N) is 2. The van der Waals surface area contributed by atoms with Crippen molar-refractivity contribution in [2.75, 3.05) is 13.2 Å². The SMILES string of the molecule is CCNC(=NCc1ccc(Cn2ccnc2)cc1)NCc1ccccc1OCC. The Morgan fingerprint density at radius 2 is 1.83 bits per heavy atom. The van der Waals surface area contributed by atoms with Gasteiger partial charge in [-0.25, -0.2) is 9.98 Å². The molecule has 0 aliphatic carbocycles. The first-order valence-corrected chi connectivity index (χ1v) is 10.0. The second-order valence-electron chi connectivity index (χ2n) is 6.64. The van der Waals surface area contributed by atoms with Gasteiger partial charge in [-0.15, -0.1) is 0 Å². The summed E-state index contributed by atoms with van der Waals surface area (Å²) in [4.78, 5) is 8.80. The van der Waals surface area contributed by atoms with Gasteiger partial charge in [-0.2, -0.15) is 0 Å². The topological polar surface area (TPSA) is 63.5 Å². The smallest absolute Gasteiger partial charge is 0.191 e. The predicted molar refractivity (Wildman–Crippen MR) is 117 cm³/mol. The molecule has 0 radical (unpaired) electrons. The van der Waals surface area contributed by atoms with Crippen LogP contribution >= 0.6 is 0 Å². The van der Waals surface area contributed by atoms with Crippen LogP contribution in [0.2, 0.25) is 0 Å². The van der Waals surface area contributed by atoms with Crippen LogP contribution in [0.4, 0.5) is 0 Å². The van der Waals surface area contributed by atoms with E-state index in [-0.39, 0.29) is 0 Å². The van der Waals surface area contributed by atoms with Crippen molar-refractivity contribution >= 4 is 5.96 Å². The van der Waals surface area contributed by atoms with Crippen LogP contribution in [0.5, 0.6) is 5.75 Å². The fraction of sp³-hybridized carbons (Fsp3) is 0.304. The number of rotatable bonds is 9. The van der Waals surface area contributed by atoms with Gasteiger partial charge in [0.25, 0.3) is 0 Å². The van der Waals surface area contributed by atoms with Crippen LogP contribution in [0.15, 0.2) is 72.2 Å². The Bertz CT molecular complexity index is 888. The van der Waals surface area contributed by atoms with Gasteiger partial charge in [0.2, 0.25) is 0 Å². The predicted octanol–water partition coefficient (Wildman–Crippen LogP) is 3.59. The Kier molecular flexibility index (Phi) is 7.69. The molecule has 0 fully saturated rings. The molecule has 0 saturated heterocycles. The van der Waals surface area contributed by atoms with E-state index in [1.807, 2.05) is 37.6 Å². The van der Waals surface area contributed by atoms with E-state index >= 15 is 0 Å². The molecule has 152 valence electrons. The van der Waals surface area contributed by atoms with Crippen LogP contribution in [0, 0.1) is 0 Å². The summed E-state index contributed by atoms with van der Waals surface area (Å²) in [6, 6.07) is 16.6. The second kappa shape index (κ2) is 10.9. The van der Waals surface area contributed by atoms with Crippen molar-refractivity contribution in [2.24, 2.45) is 4.99 Å². The Labute approximate surface area is 172 Å². The summed E-state index contributed by atoms with van der Waals surface area (Å²) in [7, 11) is 0. The molecule has 2 aromatic carbocycles. The Hall–Kier alpha value is -3.28. The fourth-order valence-electron chi connectivity index (χ4n) is 2.98. The number of benzene rings is 2.